The third-order valence-corrected chi connectivity index (χ3v) is 3.75. The summed E-state index contributed by atoms with van der Waals surface area (Å²) in [6.45, 7) is 4.24. The van der Waals surface area contributed by atoms with Crippen LogP contribution < -0.4 is 10.1 Å². The molecule has 1 aromatic carbocycles. The minimum Gasteiger partial charge on any atom is -0.494 e. The summed E-state index contributed by atoms with van der Waals surface area (Å²) in [6, 6.07) is 8.45. The molecule has 2 rings (SSSR count). The smallest absolute Gasteiger partial charge is 0.326 e. The van der Waals surface area contributed by atoms with Gasteiger partial charge in [-0.3, -0.25) is 4.79 Å². The van der Waals surface area contributed by atoms with E-state index in [1.807, 2.05) is 19.9 Å². The van der Waals surface area contributed by atoms with Gasteiger partial charge in [0.2, 0.25) is 0 Å². The molecule has 0 spiro atoms. The van der Waals surface area contributed by atoms with Crippen LogP contribution in [0.5, 0.6) is 5.75 Å². The van der Waals surface area contributed by atoms with Gasteiger partial charge in [-0.05, 0) is 30.5 Å². The summed E-state index contributed by atoms with van der Waals surface area (Å²) in [5.74, 6) is 0.339. The van der Waals surface area contributed by atoms with Crippen LogP contribution in [0.15, 0.2) is 24.3 Å². The molecule has 1 saturated heterocycles. The van der Waals surface area contributed by atoms with Crippen LogP contribution in [-0.2, 0) is 10.3 Å². The normalized spacial score (nSPS) is 20.7. The first kappa shape index (κ1) is 15.8. The molecule has 0 bridgehead atoms. The molecule has 3 amide bonds. The molecule has 1 unspecified atom stereocenters. The molecule has 0 saturated carbocycles. The molecular weight excluding hydrogens is 282 g/mol. The number of ether oxygens (including phenoxy) is 1. The fraction of sp³-hybridized carbons (Fsp3) is 0.438. The first-order valence-electron chi connectivity index (χ1n) is 7.33. The van der Waals surface area contributed by atoms with Gasteiger partial charge in [0, 0.05) is 0 Å². The molecule has 0 aliphatic carbocycles. The van der Waals surface area contributed by atoms with Crippen LogP contribution in [0, 0.1) is 11.3 Å². The maximum Gasteiger partial charge on any atom is 0.326 e. The molecule has 1 aliphatic heterocycles. The quantitative estimate of drug-likeness (QED) is 0.644. The van der Waals surface area contributed by atoms with E-state index in [1.165, 1.54) is 0 Å². The van der Waals surface area contributed by atoms with E-state index in [0.717, 1.165) is 17.1 Å². The number of imide groups is 1. The second-order valence-corrected chi connectivity index (χ2v) is 5.11. The lowest BCUT2D eigenvalue weighted by Crippen LogP contribution is -2.43. The van der Waals surface area contributed by atoms with Crippen LogP contribution in [0.4, 0.5) is 4.79 Å². The zero-order valence-electron chi connectivity index (χ0n) is 12.8. The summed E-state index contributed by atoms with van der Waals surface area (Å²) in [7, 11) is 0. The summed E-state index contributed by atoms with van der Waals surface area (Å²) >= 11 is 0. The van der Waals surface area contributed by atoms with Gasteiger partial charge in [-0.1, -0.05) is 26.0 Å². The standard InChI is InChI=1S/C16H19N3O3/c1-3-11-22-13-7-5-12(6-8-13)16(4-2)14(20)19(10-9-17)15(21)18-16/h5-8H,3-4,10-11H2,1-2H3,(H,18,21). The third kappa shape index (κ3) is 2.62. The zero-order valence-corrected chi connectivity index (χ0v) is 12.8. The van der Waals surface area contributed by atoms with Gasteiger partial charge in [0.05, 0.1) is 12.7 Å². The predicted octanol–water partition coefficient (Wildman–Crippen LogP) is 2.16. The molecule has 1 N–H and O–H groups in total. The Hall–Kier alpha value is -2.55. The number of hydrogen-bond donors (Lipinski definition) is 1. The van der Waals surface area contributed by atoms with Crippen LogP contribution in [0.3, 0.4) is 0 Å². The van der Waals surface area contributed by atoms with E-state index in [1.54, 1.807) is 24.3 Å². The van der Waals surface area contributed by atoms with Crippen molar-refractivity contribution in [3.8, 4) is 11.8 Å². The largest absolute Gasteiger partial charge is 0.494 e. The highest BCUT2D eigenvalue weighted by Gasteiger charge is 2.51. The summed E-state index contributed by atoms with van der Waals surface area (Å²) in [5.41, 5.74) is -0.408. The van der Waals surface area contributed by atoms with Gasteiger partial charge >= 0.3 is 6.03 Å². The van der Waals surface area contributed by atoms with Crippen molar-refractivity contribution in [3.05, 3.63) is 29.8 Å². The Morgan fingerprint density at radius 1 is 1.27 bits per heavy atom. The monoisotopic (exact) mass is 301 g/mol. The van der Waals surface area contributed by atoms with Crippen molar-refractivity contribution in [2.24, 2.45) is 0 Å². The van der Waals surface area contributed by atoms with E-state index < -0.39 is 11.6 Å². The molecule has 0 aromatic heterocycles. The van der Waals surface area contributed by atoms with Gasteiger partial charge in [-0.15, -0.1) is 0 Å². The number of carbonyl (C=O) groups excluding carboxylic acids is 2. The highest BCUT2D eigenvalue weighted by Crippen LogP contribution is 2.33. The van der Waals surface area contributed by atoms with E-state index in [2.05, 4.69) is 5.32 Å². The Labute approximate surface area is 129 Å². The average Bonchev–Trinajstić information content (AvgIpc) is 2.79. The first-order chi connectivity index (χ1) is 10.6. The molecule has 22 heavy (non-hydrogen) atoms. The van der Waals surface area contributed by atoms with Gasteiger partial charge in [0.15, 0.2) is 0 Å². The minimum absolute atomic E-state index is 0.246. The Balaban J connectivity index is 2.30. The van der Waals surface area contributed by atoms with E-state index in [-0.39, 0.29) is 12.5 Å². The summed E-state index contributed by atoms with van der Waals surface area (Å²) in [6.07, 6.45) is 1.33. The summed E-state index contributed by atoms with van der Waals surface area (Å²) in [5, 5.41) is 11.5. The Kier molecular flexibility index (Phi) is 4.66. The maximum atomic E-state index is 12.6. The van der Waals surface area contributed by atoms with Crippen molar-refractivity contribution >= 4 is 11.9 Å². The van der Waals surface area contributed by atoms with Crippen molar-refractivity contribution in [3.63, 3.8) is 0 Å². The molecule has 1 aliphatic rings. The average molecular weight is 301 g/mol. The minimum atomic E-state index is -1.10. The highest BCUT2D eigenvalue weighted by molar-refractivity contribution is 6.07. The molecular formula is C16H19N3O3. The van der Waals surface area contributed by atoms with Crippen molar-refractivity contribution in [1.82, 2.24) is 10.2 Å². The van der Waals surface area contributed by atoms with E-state index in [0.29, 0.717) is 18.6 Å². The van der Waals surface area contributed by atoms with E-state index >= 15 is 0 Å². The van der Waals surface area contributed by atoms with Crippen molar-refractivity contribution < 1.29 is 14.3 Å². The fourth-order valence-electron chi connectivity index (χ4n) is 2.54. The molecule has 6 heteroatoms. The van der Waals surface area contributed by atoms with Gasteiger partial charge in [0.1, 0.15) is 17.8 Å². The number of benzene rings is 1. The molecule has 1 heterocycles. The van der Waals surface area contributed by atoms with Crippen molar-refractivity contribution in [2.45, 2.75) is 32.2 Å². The van der Waals surface area contributed by atoms with Crippen LogP contribution >= 0.6 is 0 Å². The van der Waals surface area contributed by atoms with Crippen LogP contribution in [0.2, 0.25) is 0 Å². The number of nitriles is 1. The Morgan fingerprint density at radius 2 is 1.95 bits per heavy atom. The lowest BCUT2D eigenvalue weighted by Gasteiger charge is -2.25. The Bertz CT molecular complexity index is 606. The molecule has 1 fully saturated rings. The summed E-state index contributed by atoms with van der Waals surface area (Å²) < 4.78 is 5.52. The highest BCUT2D eigenvalue weighted by atomic mass is 16.5. The predicted molar refractivity (Wildman–Crippen MR) is 80.1 cm³/mol. The van der Waals surface area contributed by atoms with Crippen molar-refractivity contribution in [2.75, 3.05) is 13.2 Å². The van der Waals surface area contributed by atoms with Crippen LogP contribution in [0.1, 0.15) is 32.3 Å². The second-order valence-electron chi connectivity index (χ2n) is 5.11. The van der Waals surface area contributed by atoms with Gasteiger partial charge < -0.3 is 10.1 Å². The topological polar surface area (TPSA) is 82.4 Å². The molecule has 1 aromatic rings. The van der Waals surface area contributed by atoms with Gasteiger partial charge in [-0.2, -0.15) is 5.26 Å². The second kappa shape index (κ2) is 6.48. The van der Waals surface area contributed by atoms with Gasteiger partial charge in [-0.25, -0.2) is 9.69 Å². The van der Waals surface area contributed by atoms with Crippen LogP contribution in [0.25, 0.3) is 0 Å². The zero-order chi connectivity index (χ0) is 16.2. The number of nitrogens with zero attached hydrogens (tertiary/aromatic N) is 2. The fourth-order valence-corrected chi connectivity index (χ4v) is 2.54. The molecule has 1 atom stereocenters. The molecule has 6 nitrogen and oxygen atoms in total. The molecule has 0 radical (unpaired) electrons. The summed E-state index contributed by atoms with van der Waals surface area (Å²) in [4.78, 5) is 25.5. The number of rotatable bonds is 6. The number of amides is 3. The van der Waals surface area contributed by atoms with E-state index in [4.69, 9.17) is 10.00 Å². The van der Waals surface area contributed by atoms with Gasteiger partial charge in [0.25, 0.3) is 5.91 Å². The lowest BCUT2D eigenvalue weighted by molar-refractivity contribution is -0.131. The van der Waals surface area contributed by atoms with E-state index in [9.17, 15) is 9.59 Å². The number of hydrogen-bond acceptors (Lipinski definition) is 4. The molecule has 116 valence electrons. The number of nitrogens with one attached hydrogen (secondary N) is 1. The maximum absolute atomic E-state index is 12.6. The Morgan fingerprint density at radius 3 is 2.50 bits per heavy atom. The third-order valence-electron chi connectivity index (χ3n) is 3.75. The SMILES string of the molecule is CCCOc1ccc(C2(CC)NC(=O)N(CC#N)C2=O)cc1. The van der Waals surface area contributed by atoms with Crippen molar-refractivity contribution in [1.29, 1.82) is 5.26 Å². The number of urea groups is 1. The van der Waals surface area contributed by atoms with Crippen LogP contribution in [-0.4, -0.2) is 30.0 Å². The number of carbonyl (C=O) groups is 2. The first-order valence-corrected chi connectivity index (χ1v) is 7.33. The lowest BCUT2D eigenvalue weighted by atomic mass is 9.87.